The minimum Gasteiger partial charge on any atom is -0.311 e. The van der Waals surface area contributed by atoms with Crippen molar-refractivity contribution < 1.29 is 0 Å². The maximum atomic E-state index is 3.94. The van der Waals surface area contributed by atoms with E-state index in [4.69, 9.17) is 0 Å². The van der Waals surface area contributed by atoms with Crippen LogP contribution in [-0.2, 0) is 6.54 Å². The Kier molecular flexibility index (Phi) is 3.78. The molecule has 16 heavy (non-hydrogen) atoms. The van der Waals surface area contributed by atoms with E-state index in [9.17, 15) is 0 Å². The number of rotatable bonds is 4. The lowest BCUT2D eigenvalue weighted by Gasteiger charge is -2.28. The van der Waals surface area contributed by atoms with Crippen molar-refractivity contribution in [2.75, 3.05) is 6.54 Å². The first kappa shape index (κ1) is 11.4. The van der Waals surface area contributed by atoms with Crippen LogP contribution in [0.4, 0.5) is 0 Å². The molecule has 2 N–H and O–H groups in total. The summed E-state index contributed by atoms with van der Waals surface area (Å²) in [5.41, 5.74) is 2.71. The van der Waals surface area contributed by atoms with Crippen molar-refractivity contribution in [1.29, 1.82) is 0 Å². The number of nitrogens with zero attached hydrogens (tertiary/aromatic N) is 1. The van der Waals surface area contributed by atoms with Crippen LogP contribution >= 0.6 is 0 Å². The molecular formula is C13H21N3. The molecule has 0 unspecified atom stereocenters. The van der Waals surface area contributed by atoms with Gasteiger partial charge in [-0.05, 0) is 37.7 Å². The summed E-state index contributed by atoms with van der Waals surface area (Å²) in [6.45, 7) is 6.58. The highest BCUT2D eigenvalue weighted by Crippen LogP contribution is 2.29. The van der Waals surface area contributed by atoms with E-state index >= 15 is 0 Å². The van der Waals surface area contributed by atoms with Crippen molar-refractivity contribution in [2.45, 2.75) is 33.2 Å². The van der Waals surface area contributed by atoms with Crippen LogP contribution in [0.2, 0.25) is 0 Å². The molecule has 2 atom stereocenters. The molecule has 3 heteroatoms. The first-order valence-corrected chi connectivity index (χ1v) is 6.13. The summed E-state index contributed by atoms with van der Waals surface area (Å²) in [4.78, 5) is 0. The van der Waals surface area contributed by atoms with E-state index in [0.717, 1.165) is 24.7 Å². The molecule has 2 rings (SSSR count). The van der Waals surface area contributed by atoms with Gasteiger partial charge in [-0.3, -0.25) is 5.10 Å². The zero-order valence-corrected chi connectivity index (χ0v) is 10.2. The quantitative estimate of drug-likeness (QED) is 0.764. The molecule has 1 aliphatic carbocycles. The minimum absolute atomic E-state index is 0.705. The van der Waals surface area contributed by atoms with Crippen molar-refractivity contribution in [3.05, 3.63) is 29.6 Å². The fraction of sp³-hybridized carbons (Fsp3) is 0.615. The average molecular weight is 219 g/mol. The van der Waals surface area contributed by atoms with Gasteiger partial charge in [0.15, 0.2) is 0 Å². The van der Waals surface area contributed by atoms with Crippen LogP contribution in [-0.4, -0.2) is 16.7 Å². The summed E-state index contributed by atoms with van der Waals surface area (Å²) >= 11 is 0. The van der Waals surface area contributed by atoms with Crippen LogP contribution in [0.1, 0.15) is 32.4 Å². The van der Waals surface area contributed by atoms with Crippen molar-refractivity contribution in [2.24, 2.45) is 11.8 Å². The van der Waals surface area contributed by atoms with Gasteiger partial charge >= 0.3 is 0 Å². The highest BCUT2D eigenvalue weighted by Gasteiger charge is 2.21. The molecular weight excluding hydrogens is 198 g/mol. The normalized spacial score (nSPS) is 25.5. The van der Waals surface area contributed by atoms with E-state index in [-0.39, 0.29) is 0 Å². The topological polar surface area (TPSA) is 40.7 Å². The second-order valence-electron chi connectivity index (χ2n) is 4.82. The van der Waals surface area contributed by atoms with E-state index in [1.807, 2.05) is 6.07 Å². The van der Waals surface area contributed by atoms with E-state index in [0.29, 0.717) is 5.92 Å². The molecule has 1 aromatic rings. The smallest absolute Gasteiger partial charge is 0.0490 e. The third-order valence-corrected chi connectivity index (χ3v) is 3.60. The second-order valence-corrected chi connectivity index (χ2v) is 4.82. The number of hydrogen-bond acceptors (Lipinski definition) is 2. The van der Waals surface area contributed by atoms with Crippen LogP contribution in [0, 0.1) is 11.8 Å². The van der Waals surface area contributed by atoms with Crippen LogP contribution in [0.15, 0.2) is 23.9 Å². The van der Waals surface area contributed by atoms with Gasteiger partial charge in [0, 0.05) is 25.0 Å². The molecule has 0 bridgehead atoms. The van der Waals surface area contributed by atoms with Crippen LogP contribution in [0.3, 0.4) is 0 Å². The molecule has 3 nitrogen and oxygen atoms in total. The molecule has 1 aliphatic rings. The highest BCUT2D eigenvalue weighted by atomic mass is 15.1. The Labute approximate surface area is 97.3 Å². The molecule has 0 saturated carbocycles. The molecule has 0 amide bonds. The first-order valence-electron chi connectivity index (χ1n) is 6.13. The molecule has 1 heterocycles. The Bertz CT molecular complexity index is 340. The van der Waals surface area contributed by atoms with Gasteiger partial charge in [-0.25, -0.2) is 0 Å². The summed E-state index contributed by atoms with van der Waals surface area (Å²) < 4.78 is 0. The van der Waals surface area contributed by atoms with E-state index < -0.39 is 0 Å². The average Bonchev–Trinajstić information content (AvgIpc) is 2.75. The standard InChI is InChI=1S/C13H21N3/c1-10-4-3-5-11(2)13(10)9-14-8-12-6-7-15-16-12/h4,6-7,11,13-14H,3,5,8-9H2,1-2H3,(H,15,16)/t11-,13-/m0/s1. The molecule has 1 aromatic heterocycles. The third-order valence-electron chi connectivity index (χ3n) is 3.60. The lowest BCUT2D eigenvalue weighted by Crippen LogP contribution is -2.29. The van der Waals surface area contributed by atoms with Crippen molar-refractivity contribution in [3.8, 4) is 0 Å². The number of hydrogen-bond donors (Lipinski definition) is 2. The van der Waals surface area contributed by atoms with Gasteiger partial charge in [0.2, 0.25) is 0 Å². The van der Waals surface area contributed by atoms with Crippen molar-refractivity contribution >= 4 is 0 Å². The molecule has 0 aromatic carbocycles. The number of nitrogens with one attached hydrogen (secondary N) is 2. The fourth-order valence-electron chi connectivity index (χ4n) is 2.48. The van der Waals surface area contributed by atoms with Gasteiger partial charge in [-0.2, -0.15) is 5.10 Å². The minimum atomic E-state index is 0.705. The zero-order chi connectivity index (χ0) is 11.4. The maximum absolute atomic E-state index is 3.94. The van der Waals surface area contributed by atoms with E-state index in [1.54, 1.807) is 11.8 Å². The van der Waals surface area contributed by atoms with Crippen LogP contribution in [0.25, 0.3) is 0 Å². The summed E-state index contributed by atoms with van der Waals surface area (Å²) in [6.07, 6.45) is 6.77. The number of aromatic amines is 1. The fourth-order valence-corrected chi connectivity index (χ4v) is 2.48. The van der Waals surface area contributed by atoms with E-state index in [2.05, 4.69) is 35.4 Å². The van der Waals surface area contributed by atoms with Crippen LogP contribution < -0.4 is 5.32 Å². The van der Waals surface area contributed by atoms with Crippen LogP contribution in [0.5, 0.6) is 0 Å². The second kappa shape index (κ2) is 5.30. The molecule has 0 fully saturated rings. The Balaban J connectivity index is 1.80. The summed E-state index contributed by atoms with van der Waals surface area (Å²) in [5.74, 6) is 1.51. The number of allylic oxidation sites excluding steroid dienone is 1. The summed E-state index contributed by atoms with van der Waals surface area (Å²) in [7, 11) is 0. The maximum Gasteiger partial charge on any atom is 0.0490 e. The number of H-pyrrole nitrogens is 1. The predicted octanol–water partition coefficient (Wildman–Crippen LogP) is 2.49. The molecule has 0 saturated heterocycles. The first-order chi connectivity index (χ1) is 7.77. The van der Waals surface area contributed by atoms with Crippen molar-refractivity contribution in [3.63, 3.8) is 0 Å². The summed E-state index contributed by atoms with van der Waals surface area (Å²) in [6, 6.07) is 2.01. The van der Waals surface area contributed by atoms with Gasteiger partial charge in [-0.15, -0.1) is 0 Å². The largest absolute Gasteiger partial charge is 0.311 e. The lowest BCUT2D eigenvalue weighted by molar-refractivity contribution is 0.349. The van der Waals surface area contributed by atoms with Gasteiger partial charge in [0.05, 0.1) is 0 Å². The van der Waals surface area contributed by atoms with Crippen molar-refractivity contribution in [1.82, 2.24) is 15.5 Å². The monoisotopic (exact) mass is 219 g/mol. The Hall–Kier alpha value is -1.09. The molecule has 88 valence electrons. The Morgan fingerprint density at radius 1 is 1.56 bits per heavy atom. The predicted molar refractivity (Wildman–Crippen MR) is 65.9 cm³/mol. The van der Waals surface area contributed by atoms with Gasteiger partial charge < -0.3 is 5.32 Å². The van der Waals surface area contributed by atoms with Gasteiger partial charge in [-0.1, -0.05) is 18.6 Å². The number of aromatic nitrogens is 2. The molecule has 0 aliphatic heterocycles. The summed E-state index contributed by atoms with van der Waals surface area (Å²) in [5, 5.41) is 10.4. The third kappa shape index (κ3) is 2.73. The molecule has 0 radical (unpaired) electrons. The zero-order valence-electron chi connectivity index (χ0n) is 10.2. The van der Waals surface area contributed by atoms with E-state index in [1.165, 1.54) is 12.8 Å². The van der Waals surface area contributed by atoms with Gasteiger partial charge in [0.1, 0.15) is 0 Å². The molecule has 0 spiro atoms. The van der Waals surface area contributed by atoms with Gasteiger partial charge in [0.25, 0.3) is 0 Å². The Morgan fingerprint density at radius 2 is 2.44 bits per heavy atom. The highest BCUT2D eigenvalue weighted by molar-refractivity contribution is 5.09. The Morgan fingerprint density at radius 3 is 3.12 bits per heavy atom. The SMILES string of the molecule is CC1=CCC[C@H](C)[C@H]1CNCc1ccn[nH]1. The lowest BCUT2D eigenvalue weighted by atomic mass is 9.80.